The number of aliphatic carboxylic acids is 1. The van der Waals surface area contributed by atoms with Gasteiger partial charge >= 0.3 is 5.97 Å². The van der Waals surface area contributed by atoms with Crippen LogP contribution in [-0.4, -0.2) is 35.0 Å². The van der Waals surface area contributed by atoms with Crippen molar-refractivity contribution >= 4 is 35.5 Å². The zero-order chi connectivity index (χ0) is 14.6. The van der Waals surface area contributed by atoms with Crippen molar-refractivity contribution in [2.75, 3.05) is 0 Å². The molecular weight excluding hydrogens is 276 g/mol. The molecule has 106 valence electrons. The number of hydrogen-bond donors (Lipinski definition) is 1. The Hall–Kier alpha value is -1.82. The first-order valence-electron chi connectivity index (χ1n) is 6.46. The minimum absolute atomic E-state index is 0.0461. The molecule has 0 aliphatic carbocycles. The lowest BCUT2D eigenvalue weighted by Gasteiger charge is -2.20. The van der Waals surface area contributed by atoms with Gasteiger partial charge in [-0.05, 0) is 23.4 Å². The van der Waals surface area contributed by atoms with E-state index in [1.54, 1.807) is 12.4 Å². The van der Waals surface area contributed by atoms with Crippen molar-refractivity contribution in [3.8, 4) is 0 Å². The summed E-state index contributed by atoms with van der Waals surface area (Å²) in [6.45, 7) is 2.03. The van der Waals surface area contributed by atoms with E-state index in [-0.39, 0.29) is 18.6 Å². The summed E-state index contributed by atoms with van der Waals surface area (Å²) in [6.07, 6.45) is 4.80. The molecule has 0 saturated carbocycles. The third kappa shape index (κ3) is 3.39. The number of Topliss-reactive ketones (excluding diaryl/α,β-unsaturated/α-hetero) is 1. The maximum atomic E-state index is 11.8. The summed E-state index contributed by atoms with van der Waals surface area (Å²) in [5, 5.41) is 10.5. The number of ketones is 1. The second-order valence-electron chi connectivity index (χ2n) is 4.71. The molecule has 2 rings (SSSR count). The van der Waals surface area contributed by atoms with Crippen LogP contribution in [0.3, 0.4) is 0 Å². The highest BCUT2D eigenvalue weighted by atomic mass is 32.1. The minimum atomic E-state index is -0.949. The molecule has 0 spiro atoms. The standard InChI is InChI=1S/C14H16N2O3S/c1-2-14(15-5-6-16-14)8-10-7-12(20-9-10)11(17)3-4-13(18)19/h5-7,9H,2-4,8H2,1H3,(H,18,19). The van der Waals surface area contributed by atoms with Crippen LogP contribution >= 0.6 is 11.3 Å². The number of aliphatic imine (C=N–C) groups is 2. The molecule has 0 amide bonds. The maximum Gasteiger partial charge on any atom is 0.303 e. The smallest absolute Gasteiger partial charge is 0.303 e. The van der Waals surface area contributed by atoms with E-state index in [2.05, 4.69) is 9.98 Å². The molecule has 1 aliphatic heterocycles. The van der Waals surface area contributed by atoms with Crippen molar-refractivity contribution in [2.24, 2.45) is 9.98 Å². The Morgan fingerprint density at radius 1 is 1.30 bits per heavy atom. The number of carboxylic acid groups (broad SMARTS) is 1. The van der Waals surface area contributed by atoms with E-state index in [0.29, 0.717) is 11.3 Å². The molecule has 0 aromatic carbocycles. The SMILES string of the molecule is CCC1(Cc2csc(C(=O)CCC(=O)O)c2)N=CC=N1. The Balaban J connectivity index is 2.02. The number of carbonyl (C=O) groups excluding carboxylic acids is 1. The van der Waals surface area contributed by atoms with Crippen molar-refractivity contribution in [1.29, 1.82) is 0 Å². The quantitative estimate of drug-likeness (QED) is 0.784. The van der Waals surface area contributed by atoms with Crippen LogP contribution in [0, 0.1) is 0 Å². The molecule has 0 unspecified atom stereocenters. The van der Waals surface area contributed by atoms with Crippen LogP contribution < -0.4 is 0 Å². The Morgan fingerprint density at radius 3 is 2.60 bits per heavy atom. The zero-order valence-corrected chi connectivity index (χ0v) is 12.0. The van der Waals surface area contributed by atoms with Gasteiger partial charge in [0.15, 0.2) is 11.4 Å². The van der Waals surface area contributed by atoms with Crippen molar-refractivity contribution in [2.45, 2.75) is 38.3 Å². The van der Waals surface area contributed by atoms with Crippen molar-refractivity contribution in [1.82, 2.24) is 0 Å². The lowest BCUT2D eigenvalue weighted by molar-refractivity contribution is -0.136. The van der Waals surface area contributed by atoms with E-state index in [9.17, 15) is 9.59 Å². The first-order valence-corrected chi connectivity index (χ1v) is 7.34. The molecule has 0 saturated heterocycles. The highest BCUT2D eigenvalue weighted by Gasteiger charge is 2.28. The molecule has 1 N–H and O–H groups in total. The summed E-state index contributed by atoms with van der Waals surface area (Å²) in [6, 6.07) is 1.83. The van der Waals surface area contributed by atoms with Crippen molar-refractivity contribution in [3.05, 3.63) is 21.9 Å². The summed E-state index contributed by atoms with van der Waals surface area (Å²) in [5.41, 5.74) is 0.592. The van der Waals surface area contributed by atoms with E-state index in [1.165, 1.54) is 11.3 Å². The van der Waals surface area contributed by atoms with Crippen molar-refractivity contribution < 1.29 is 14.7 Å². The summed E-state index contributed by atoms with van der Waals surface area (Å²) in [4.78, 5) is 31.7. The Kier molecular flexibility index (Phi) is 4.44. The fourth-order valence-electron chi connectivity index (χ4n) is 2.06. The molecule has 1 aromatic rings. The third-order valence-electron chi connectivity index (χ3n) is 3.24. The van der Waals surface area contributed by atoms with E-state index in [0.717, 1.165) is 12.0 Å². The summed E-state index contributed by atoms with van der Waals surface area (Å²) in [7, 11) is 0. The molecule has 20 heavy (non-hydrogen) atoms. The van der Waals surface area contributed by atoms with Crippen LogP contribution in [-0.2, 0) is 11.2 Å². The van der Waals surface area contributed by atoms with Crippen LogP contribution in [0.25, 0.3) is 0 Å². The summed E-state index contributed by atoms with van der Waals surface area (Å²) >= 11 is 1.36. The molecule has 1 aromatic heterocycles. The maximum absolute atomic E-state index is 11.8. The largest absolute Gasteiger partial charge is 0.481 e. The van der Waals surface area contributed by atoms with Crippen LogP contribution in [0.2, 0.25) is 0 Å². The van der Waals surface area contributed by atoms with E-state index >= 15 is 0 Å². The van der Waals surface area contributed by atoms with E-state index in [1.807, 2.05) is 18.4 Å². The Bertz CT molecular complexity index is 563. The van der Waals surface area contributed by atoms with Gasteiger partial charge in [0.25, 0.3) is 0 Å². The topological polar surface area (TPSA) is 79.1 Å². The van der Waals surface area contributed by atoms with E-state index in [4.69, 9.17) is 5.11 Å². The number of hydrogen-bond acceptors (Lipinski definition) is 5. The van der Waals surface area contributed by atoms with Gasteiger partial charge in [-0.1, -0.05) is 6.92 Å². The molecule has 0 bridgehead atoms. The predicted molar refractivity (Wildman–Crippen MR) is 79.2 cm³/mol. The Labute approximate surface area is 121 Å². The van der Waals surface area contributed by atoms with Gasteiger partial charge in [0.05, 0.1) is 11.3 Å². The van der Waals surface area contributed by atoms with Gasteiger partial charge in [-0.3, -0.25) is 19.6 Å². The van der Waals surface area contributed by atoms with Crippen LogP contribution in [0.5, 0.6) is 0 Å². The molecule has 1 aliphatic rings. The van der Waals surface area contributed by atoms with Gasteiger partial charge in [-0.15, -0.1) is 11.3 Å². The summed E-state index contributed by atoms with van der Waals surface area (Å²) in [5.74, 6) is -1.07. The number of rotatable bonds is 7. The Morgan fingerprint density at radius 2 is 2.00 bits per heavy atom. The highest BCUT2D eigenvalue weighted by molar-refractivity contribution is 7.12. The van der Waals surface area contributed by atoms with Gasteiger partial charge < -0.3 is 5.11 Å². The average molecular weight is 292 g/mol. The second kappa shape index (κ2) is 6.09. The highest BCUT2D eigenvalue weighted by Crippen LogP contribution is 2.28. The van der Waals surface area contributed by atoms with E-state index < -0.39 is 11.6 Å². The fraction of sp³-hybridized carbons (Fsp3) is 0.429. The molecule has 0 fully saturated rings. The van der Waals surface area contributed by atoms with Crippen LogP contribution in [0.1, 0.15) is 41.4 Å². The van der Waals surface area contributed by atoms with Gasteiger partial charge in [0.2, 0.25) is 0 Å². The molecule has 5 nitrogen and oxygen atoms in total. The third-order valence-corrected chi connectivity index (χ3v) is 4.26. The van der Waals surface area contributed by atoms with Crippen LogP contribution in [0.4, 0.5) is 0 Å². The van der Waals surface area contributed by atoms with Gasteiger partial charge in [0, 0.05) is 25.3 Å². The average Bonchev–Trinajstić information content (AvgIpc) is 3.06. The monoisotopic (exact) mass is 292 g/mol. The van der Waals surface area contributed by atoms with Gasteiger partial charge in [-0.25, -0.2) is 0 Å². The summed E-state index contributed by atoms with van der Waals surface area (Å²) < 4.78 is 0. The fourth-order valence-corrected chi connectivity index (χ4v) is 2.94. The van der Waals surface area contributed by atoms with Gasteiger partial charge in [-0.2, -0.15) is 0 Å². The van der Waals surface area contributed by atoms with Crippen molar-refractivity contribution in [3.63, 3.8) is 0 Å². The lowest BCUT2D eigenvalue weighted by Crippen LogP contribution is -2.23. The van der Waals surface area contributed by atoms with Crippen LogP contribution in [0.15, 0.2) is 21.4 Å². The molecule has 0 atom stereocenters. The minimum Gasteiger partial charge on any atom is -0.481 e. The first-order chi connectivity index (χ1) is 9.54. The number of carbonyl (C=O) groups is 2. The second-order valence-corrected chi connectivity index (χ2v) is 5.62. The molecular formula is C14H16N2O3S. The number of thiophene rings is 1. The number of carboxylic acids is 1. The molecule has 6 heteroatoms. The zero-order valence-electron chi connectivity index (χ0n) is 11.2. The predicted octanol–water partition coefficient (Wildman–Crippen LogP) is 2.60. The normalized spacial score (nSPS) is 15.7. The molecule has 2 heterocycles. The number of nitrogens with zero attached hydrogens (tertiary/aromatic N) is 2. The van der Waals surface area contributed by atoms with Gasteiger partial charge in [0.1, 0.15) is 0 Å². The first kappa shape index (κ1) is 14.6. The molecule has 0 radical (unpaired) electrons. The lowest BCUT2D eigenvalue weighted by atomic mass is 10.00.